The second-order valence-electron chi connectivity index (χ2n) is 9.14. The molecule has 174 valence electrons. The van der Waals surface area contributed by atoms with E-state index in [1.165, 1.54) is 43.2 Å². The summed E-state index contributed by atoms with van der Waals surface area (Å²) in [6.07, 6.45) is 8.19. The maximum Gasteiger partial charge on any atom is 0.258 e. The van der Waals surface area contributed by atoms with Gasteiger partial charge < -0.3 is 10.3 Å². The van der Waals surface area contributed by atoms with E-state index in [2.05, 4.69) is 45.4 Å². The van der Waals surface area contributed by atoms with Crippen LogP contribution in [0, 0.1) is 0 Å². The number of hydrogen-bond donors (Lipinski definition) is 2. The highest BCUT2D eigenvalue weighted by Gasteiger charge is 2.18. The van der Waals surface area contributed by atoms with Gasteiger partial charge in [0.2, 0.25) is 5.91 Å². The molecule has 0 unspecified atom stereocenters. The maximum absolute atomic E-state index is 12.5. The molecule has 2 aromatic carbocycles. The van der Waals surface area contributed by atoms with E-state index in [1.54, 1.807) is 6.07 Å². The van der Waals surface area contributed by atoms with Gasteiger partial charge in [0.25, 0.3) is 5.56 Å². The zero-order chi connectivity index (χ0) is 23.0. The van der Waals surface area contributed by atoms with Crippen molar-refractivity contribution in [2.75, 3.05) is 7.05 Å². The number of fused-ring (bicyclic) bond motifs is 1. The van der Waals surface area contributed by atoms with Crippen molar-refractivity contribution < 1.29 is 4.79 Å². The van der Waals surface area contributed by atoms with E-state index in [9.17, 15) is 9.59 Å². The molecule has 1 saturated carbocycles. The van der Waals surface area contributed by atoms with E-state index in [1.807, 2.05) is 24.3 Å². The minimum absolute atomic E-state index is 0.0218. The van der Waals surface area contributed by atoms with Gasteiger partial charge in [-0.15, -0.1) is 0 Å². The molecule has 3 aromatic rings. The molecule has 6 heteroatoms. The largest absolute Gasteiger partial charge is 0.352 e. The van der Waals surface area contributed by atoms with Gasteiger partial charge in [0.15, 0.2) is 0 Å². The van der Waals surface area contributed by atoms with E-state index in [4.69, 9.17) is 0 Å². The summed E-state index contributed by atoms with van der Waals surface area (Å²) < 4.78 is 0. The molecule has 6 nitrogen and oxygen atoms in total. The molecule has 1 fully saturated rings. The Morgan fingerprint density at radius 1 is 1.06 bits per heavy atom. The summed E-state index contributed by atoms with van der Waals surface area (Å²) in [5.41, 5.74) is 3.02. The van der Waals surface area contributed by atoms with Crippen molar-refractivity contribution in [3.63, 3.8) is 0 Å². The van der Waals surface area contributed by atoms with Crippen LogP contribution in [0.2, 0.25) is 0 Å². The number of benzene rings is 2. The van der Waals surface area contributed by atoms with Crippen LogP contribution < -0.4 is 10.9 Å². The summed E-state index contributed by atoms with van der Waals surface area (Å²) in [6, 6.07) is 16.4. The Morgan fingerprint density at radius 2 is 1.79 bits per heavy atom. The quantitative estimate of drug-likeness (QED) is 0.513. The van der Waals surface area contributed by atoms with Crippen molar-refractivity contribution in [3.8, 4) is 0 Å². The lowest BCUT2D eigenvalue weighted by molar-refractivity contribution is -0.121. The number of nitrogens with one attached hydrogen (secondary N) is 2. The smallest absolute Gasteiger partial charge is 0.258 e. The summed E-state index contributed by atoms with van der Waals surface area (Å²) in [6.45, 7) is 1.45. The molecule has 1 aromatic heterocycles. The maximum atomic E-state index is 12.5. The summed E-state index contributed by atoms with van der Waals surface area (Å²) in [5.74, 6) is 0.649. The van der Waals surface area contributed by atoms with Gasteiger partial charge in [0.1, 0.15) is 5.82 Å². The minimum Gasteiger partial charge on any atom is -0.352 e. The lowest BCUT2D eigenvalue weighted by atomic mass is 9.94. The number of aromatic nitrogens is 2. The third-order valence-corrected chi connectivity index (χ3v) is 6.69. The molecular formula is C27H34N4O2. The minimum atomic E-state index is -0.130. The van der Waals surface area contributed by atoms with Crippen molar-refractivity contribution in [2.24, 2.45) is 0 Å². The Morgan fingerprint density at radius 3 is 2.61 bits per heavy atom. The first-order valence-electron chi connectivity index (χ1n) is 12.1. The summed E-state index contributed by atoms with van der Waals surface area (Å²) in [7, 11) is 2.22. The summed E-state index contributed by atoms with van der Waals surface area (Å²) in [4.78, 5) is 34.5. The highest BCUT2D eigenvalue weighted by Crippen LogP contribution is 2.23. The van der Waals surface area contributed by atoms with Gasteiger partial charge in [0.05, 0.1) is 10.9 Å². The second-order valence-corrected chi connectivity index (χ2v) is 9.14. The van der Waals surface area contributed by atoms with E-state index < -0.39 is 0 Å². The molecule has 1 heterocycles. The average Bonchev–Trinajstić information content (AvgIpc) is 2.84. The van der Waals surface area contributed by atoms with E-state index in [0.717, 1.165) is 6.54 Å². The molecule has 1 amide bonds. The molecule has 0 radical (unpaired) electrons. The van der Waals surface area contributed by atoms with Crippen molar-refractivity contribution in [3.05, 3.63) is 75.8 Å². The van der Waals surface area contributed by atoms with Crippen LogP contribution in [-0.4, -0.2) is 33.9 Å². The van der Waals surface area contributed by atoms with Gasteiger partial charge in [-0.3, -0.25) is 14.5 Å². The van der Waals surface area contributed by atoms with Gasteiger partial charge in [-0.1, -0.05) is 55.7 Å². The number of aryl methyl sites for hydroxylation is 1. The molecule has 0 atom stereocenters. The lowest BCUT2D eigenvalue weighted by Gasteiger charge is -2.31. The predicted octanol–water partition coefficient (Wildman–Crippen LogP) is 4.33. The average molecular weight is 447 g/mol. The molecule has 0 aliphatic heterocycles. The fourth-order valence-electron chi connectivity index (χ4n) is 4.76. The highest BCUT2D eigenvalue weighted by molar-refractivity contribution is 5.77. The van der Waals surface area contributed by atoms with Crippen molar-refractivity contribution in [1.29, 1.82) is 0 Å². The summed E-state index contributed by atoms with van der Waals surface area (Å²) >= 11 is 0. The normalized spacial score (nSPS) is 14.6. The van der Waals surface area contributed by atoms with Crippen molar-refractivity contribution >= 4 is 16.8 Å². The van der Waals surface area contributed by atoms with Crippen molar-refractivity contribution in [1.82, 2.24) is 20.2 Å². The molecule has 0 spiro atoms. The fraction of sp³-hybridized carbons (Fsp3) is 0.444. The Hall–Kier alpha value is -2.99. The molecule has 0 saturated heterocycles. The second kappa shape index (κ2) is 11.2. The first-order chi connectivity index (χ1) is 16.1. The van der Waals surface area contributed by atoms with Gasteiger partial charge in [-0.25, -0.2) is 4.98 Å². The van der Waals surface area contributed by atoms with Gasteiger partial charge >= 0.3 is 0 Å². The number of hydrogen-bond acceptors (Lipinski definition) is 4. The molecule has 1 aliphatic rings. The zero-order valence-corrected chi connectivity index (χ0v) is 19.5. The highest BCUT2D eigenvalue weighted by atomic mass is 16.1. The van der Waals surface area contributed by atoms with E-state index in [0.29, 0.717) is 48.6 Å². The van der Waals surface area contributed by atoms with Crippen LogP contribution in [0.3, 0.4) is 0 Å². The van der Waals surface area contributed by atoms with Crippen LogP contribution in [0.15, 0.2) is 53.3 Å². The molecular weight excluding hydrogens is 412 g/mol. The number of nitrogens with zero attached hydrogens (tertiary/aromatic N) is 2. The number of carbonyl (C=O) groups excluding carboxylic acids is 1. The first kappa shape index (κ1) is 23.2. The monoisotopic (exact) mass is 446 g/mol. The lowest BCUT2D eigenvalue weighted by Crippen LogP contribution is -2.33. The molecule has 0 bridgehead atoms. The van der Waals surface area contributed by atoms with Gasteiger partial charge in [0, 0.05) is 32.0 Å². The standard InChI is InChI=1S/C27H34N4O2/c1-31(22-12-3-2-4-13-22)19-21-11-6-5-10-20(21)18-28-26(32)17-9-16-25-29-24-15-8-7-14-23(24)27(33)30-25/h5-8,10-11,14-15,22H,2-4,9,12-13,16-19H2,1H3,(H,28,32)(H,29,30,33). The molecule has 1 aliphatic carbocycles. The number of amides is 1. The van der Waals surface area contributed by atoms with E-state index >= 15 is 0 Å². The Labute approximate surface area is 195 Å². The van der Waals surface area contributed by atoms with Crippen LogP contribution >= 0.6 is 0 Å². The van der Waals surface area contributed by atoms with Crippen molar-refractivity contribution in [2.45, 2.75) is 70.5 Å². The van der Waals surface area contributed by atoms with E-state index in [-0.39, 0.29) is 11.5 Å². The fourth-order valence-corrected chi connectivity index (χ4v) is 4.76. The van der Waals surface area contributed by atoms with Crippen LogP contribution in [0.4, 0.5) is 0 Å². The SMILES string of the molecule is CN(Cc1ccccc1CNC(=O)CCCc1nc2ccccc2c(=O)[nH]1)C1CCCCC1. The Kier molecular flexibility index (Phi) is 7.89. The molecule has 33 heavy (non-hydrogen) atoms. The van der Waals surface area contributed by atoms with Crippen LogP contribution in [0.25, 0.3) is 10.9 Å². The Bertz CT molecular complexity index is 1130. The van der Waals surface area contributed by atoms with Gasteiger partial charge in [-0.2, -0.15) is 0 Å². The molecule has 2 N–H and O–H groups in total. The number of rotatable bonds is 9. The number of aromatic amines is 1. The predicted molar refractivity (Wildman–Crippen MR) is 132 cm³/mol. The number of carbonyl (C=O) groups is 1. The number of H-pyrrole nitrogens is 1. The van der Waals surface area contributed by atoms with Crippen LogP contribution in [0.1, 0.15) is 61.9 Å². The molecule has 4 rings (SSSR count). The first-order valence-corrected chi connectivity index (χ1v) is 12.1. The third kappa shape index (κ3) is 6.29. The summed E-state index contributed by atoms with van der Waals surface area (Å²) in [5, 5.41) is 3.66. The third-order valence-electron chi connectivity index (χ3n) is 6.69. The topological polar surface area (TPSA) is 78.1 Å². The van der Waals surface area contributed by atoms with Gasteiger partial charge in [-0.05, 0) is 49.6 Å². The van der Waals surface area contributed by atoms with Crippen LogP contribution in [0.5, 0.6) is 0 Å². The Balaban J connectivity index is 1.26. The van der Waals surface area contributed by atoms with Crippen LogP contribution in [-0.2, 0) is 24.3 Å². The zero-order valence-electron chi connectivity index (χ0n) is 19.5. The number of para-hydroxylation sites is 1.